The fourth-order valence-corrected chi connectivity index (χ4v) is 2.97. The number of hydrogen-bond donors (Lipinski definition) is 0. The Morgan fingerprint density at radius 3 is 2.82 bits per heavy atom. The Labute approximate surface area is 127 Å². The van der Waals surface area contributed by atoms with Gasteiger partial charge in [-0.2, -0.15) is 0 Å². The highest BCUT2D eigenvalue weighted by Crippen LogP contribution is 2.59. The first-order valence-corrected chi connectivity index (χ1v) is 7.33. The maximum Gasteiger partial charge on any atom is 0.313 e. The highest BCUT2D eigenvalue weighted by atomic mass is 16.5. The maximum atomic E-state index is 11.9. The highest BCUT2D eigenvalue weighted by Gasteiger charge is 2.63. The van der Waals surface area contributed by atoms with Crippen molar-refractivity contribution in [1.29, 1.82) is 0 Å². The van der Waals surface area contributed by atoms with Gasteiger partial charge in [0.1, 0.15) is 29.3 Å². The van der Waals surface area contributed by atoms with Gasteiger partial charge in [-0.3, -0.25) is 9.78 Å². The zero-order valence-corrected chi connectivity index (χ0v) is 12.1. The van der Waals surface area contributed by atoms with E-state index in [2.05, 4.69) is 4.98 Å². The minimum absolute atomic E-state index is 0.0785. The summed E-state index contributed by atoms with van der Waals surface area (Å²) in [6.45, 7) is 2.21. The lowest BCUT2D eigenvalue weighted by Gasteiger charge is -2.10. The molecule has 0 radical (unpaired) electrons. The smallest absolute Gasteiger partial charge is 0.313 e. The number of rotatable bonds is 4. The number of aromatic nitrogens is 1. The summed E-state index contributed by atoms with van der Waals surface area (Å²) in [6.07, 6.45) is 3.28. The van der Waals surface area contributed by atoms with Crippen LogP contribution < -0.4 is 9.47 Å². The van der Waals surface area contributed by atoms with Gasteiger partial charge in [0, 0.05) is 23.9 Å². The van der Waals surface area contributed by atoms with Crippen LogP contribution in [-0.2, 0) is 9.53 Å². The van der Waals surface area contributed by atoms with Crippen LogP contribution in [0.5, 0.6) is 17.2 Å². The van der Waals surface area contributed by atoms with Crippen LogP contribution in [0.4, 0.5) is 0 Å². The zero-order chi connectivity index (χ0) is 15.1. The van der Waals surface area contributed by atoms with Crippen molar-refractivity contribution in [3.8, 4) is 17.2 Å². The molecule has 0 spiro atoms. The van der Waals surface area contributed by atoms with Gasteiger partial charge in [-0.05, 0) is 37.3 Å². The van der Waals surface area contributed by atoms with Crippen molar-refractivity contribution in [3.63, 3.8) is 0 Å². The van der Waals surface area contributed by atoms with E-state index in [9.17, 15) is 4.79 Å². The van der Waals surface area contributed by atoms with Gasteiger partial charge in [0.25, 0.3) is 0 Å². The Balaban J connectivity index is 1.54. The minimum atomic E-state index is -0.177. The zero-order valence-electron chi connectivity index (χ0n) is 12.1. The molecule has 0 amide bonds. The predicted molar refractivity (Wildman–Crippen MR) is 78.0 cm³/mol. The van der Waals surface area contributed by atoms with Crippen LogP contribution in [0.1, 0.15) is 18.4 Å². The average molecular weight is 297 g/mol. The highest BCUT2D eigenvalue weighted by molar-refractivity contribution is 5.80. The number of esters is 1. The molecular weight excluding hydrogens is 282 g/mol. The number of ether oxygens (including phenoxy) is 3. The molecule has 1 fully saturated rings. The van der Waals surface area contributed by atoms with Gasteiger partial charge in [0.05, 0.1) is 6.61 Å². The summed E-state index contributed by atoms with van der Waals surface area (Å²) in [5.74, 6) is 2.02. The van der Waals surface area contributed by atoms with E-state index in [1.165, 1.54) is 0 Å². The first-order chi connectivity index (χ1) is 10.8. The first kappa shape index (κ1) is 13.1. The normalized spacial score (nSPS) is 24.0. The number of fused-ring (bicyclic) bond motifs is 3. The molecule has 0 saturated heterocycles. The van der Waals surface area contributed by atoms with Crippen molar-refractivity contribution in [2.75, 3.05) is 6.61 Å². The molecule has 1 aliphatic carbocycles. The number of hydrogen-bond acceptors (Lipinski definition) is 5. The van der Waals surface area contributed by atoms with Crippen LogP contribution in [0.25, 0.3) is 0 Å². The number of benzene rings is 1. The summed E-state index contributed by atoms with van der Waals surface area (Å²) >= 11 is 0. The SMILES string of the molecule is CCOC(=O)C1[C@H]2Oc3ccc(Oc4ccncc4)cc3[C@@H]12. The number of pyridine rings is 1. The maximum absolute atomic E-state index is 11.9. The summed E-state index contributed by atoms with van der Waals surface area (Å²) in [4.78, 5) is 15.8. The van der Waals surface area contributed by atoms with Crippen LogP contribution in [0.15, 0.2) is 42.7 Å². The topological polar surface area (TPSA) is 57.7 Å². The summed E-state index contributed by atoms with van der Waals surface area (Å²) in [5, 5.41) is 0. The molecule has 1 saturated carbocycles. The van der Waals surface area contributed by atoms with Gasteiger partial charge >= 0.3 is 5.97 Å². The third kappa shape index (κ3) is 2.09. The second-order valence-electron chi connectivity index (χ2n) is 5.37. The molecule has 112 valence electrons. The van der Waals surface area contributed by atoms with E-state index in [1.54, 1.807) is 24.5 Å². The number of carbonyl (C=O) groups is 1. The van der Waals surface area contributed by atoms with E-state index in [0.29, 0.717) is 6.61 Å². The average Bonchev–Trinajstić information content (AvgIpc) is 3.13. The van der Waals surface area contributed by atoms with Gasteiger partial charge in [0.2, 0.25) is 0 Å². The molecule has 2 heterocycles. The molecule has 1 aromatic carbocycles. The van der Waals surface area contributed by atoms with Crippen molar-refractivity contribution < 1.29 is 19.0 Å². The molecule has 2 aliphatic rings. The van der Waals surface area contributed by atoms with Gasteiger partial charge in [-0.15, -0.1) is 0 Å². The Morgan fingerprint density at radius 2 is 2.05 bits per heavy atom. The quantitative estimate of drug-likeness (QED) is 0.812. The van der Waals surface area contributed by atoms with Crippen molar-refractivity contribution in [3.05, 3.63) is 48.3 Å². The number of carbonyl (C=O) groups excluding carboxylic acids is 1. The van der Waals surface area contributed by atoms with Crippen molar-refractivity contribution in [1.82, 2.24) is 4.98 Å². The number of nitrogens with zero attached hydrogens (tertiary/aromatic N) is 1. The molecule has 0 N–H and O–H groups in total. The molecule has 1 aromatic heterocycles. The lowest BCUT2D eigenvalue weighted by Crippen LogP contribution is -2.13. The summed E-state index contributed by atoms with van der Waals surface area (Å²) in [6, 6.07) is 9.29. The van der Waals surface area contributed by atoms with Crippen LogP contribution in [0.2, 0.25) is 0 Å². The lowest BCUT2D eigenvalue weighted by atomic mass is 10.1. The first-order valence-electron chi connectivity index (χ1n) is 7.33. The van der Waals surface area contributed by atoms with Gasteiger partial charge in [-0.25, -0.2) is 0 Å². The third-order valence-corrected chi connectivity index (χ3v) is 4.00. The molecule has 22 heavy (non-hydrogen) atoms. The van der Waals surface area contributed by atoms with Crippen LogP contribution in [0.3, 0.4) is 0 Å². The van der Waals surface area contributed by atoms with E-state index in [1.807, 2.05) is 25.1 Å². The molecule has 5 heteroatoms. The van der Waals surface area contributed by atoms with E-state index in [0.717, 1.165) is 22.8 Å². The van der Waals surface area contributed by atoms with Gasteiger partial charge in [0.15, 0.2) is 0 Å². The molecule has 4 rings (SSSR count). The Kier molecular flexibility index (Phi) is 2.99. The largest absolute Gasteiger partial charge is 0.489 e. The summed E-state index contributed by atoms with van der Waals surface area (Å²) in [7, 11) is 0. The van der Waals surface area contributed by atoms with E-state index < -0.39 is 0 Å². The molecule has 2 aromatic rings. The predicted octanol–water partition coefficient (Wildman–Crippen LogP) is 2.91. The lowest BCUT2D eigenvalue weighted by molar-refractivity contribution is -0.145. The molecule has 1 aliphatic heterocycles. The van der Waals surface area contributed by atoms with Gasteiger partial charge < -0.3 is 14.2 Å². The second kappa shape index (κ2) is 5.02. The Hall–Kier alpha value is -2.56. The second-order valence-corrected chi connectivity index (χ2v) is 5.37. The van der Waals surface area contributed by atoms with Crippen molar-refractivity contribution in [2.45, 2.75) is 18.9 Å². The Bertz CT molecular complexity index is 716. The Morgan fingerprint density at radius 1 is 1.23 bits per heavy atom. The molecular formula is C17H15NO4. The van der Waals surface area contributed by atoms with Crippen LogP contribution >= 0.6 is 0 Å². The molecule has 5 nitrogen and oxygen atoms in total. The molecule has 3 atom stereocenters. The summed E-state index contributed by atoms with van der Waals surface area (Å²) in [5.41, 5.74) is 1.02. The van der Waals surface area contributed by atoms with Gasteiger partial charge in [-0.1, -0.05) is 0 Å². The third-order valence-electron chi connectivity index (χ3n) is 4.00. The van der Waals surface area contributed by atoms with E-state index >= 15 is 0 Å². The molecule has 0 bridgehead atoms. The fourth-order valence-electron chi connectivity index (χ4n) is 2.97. The molecule has 1 unspecified atom stereocenters. The van der Waals surface area contributed by atoms with Crippen molar-refractivity contribution in [2.24, 2.45) is 5.92 Å². The van der Waals surface area contributed by atoms with Crippen molar-refractivity contribution >= 4 is 5.97 Å². The van der Waals surface area contributed by atoms with E-state index in [4.69, 9.17) is 14.2 Å². The van der Waals surface area contributed by atoms with E-state index in [-0.39, 0.29) is 23.9 Å². The summed E-state index contributed by atoms with van der Waals surface area (Å²) < 4.78 is 16.7. The fraction of sp³-hybridized carbons (Fsp3) is 0.294. The van der Waals surface area contributed by atoms with Crippen LogP contribution in [-0.4, -0.2) is 23.7 Å². The minimum Gasteiger partial charge on any atom is -0.489 e. The monoisotopic (exact) mass is 297 g/mol. The standard InChI is InChI=1S/C17H15NO4/c1-2-20-17(19)15-14-12-9-11(3-4-13(12)22-16(14)15)21-10-5-7-18-8-6-10/h3-9,14-16H,2H2,1H3/t14-,15?,16-/m0/s1. The van der Waals surface area contributed by atoms with Crippen LogP contribution in [0, 0.1) is 5.92 Å².